The molecule has 0 radical (unpaired) electrons. The first-order valence-corrected chi connectivity index (χ1v) is 5.14. The Morgan fingerprint density at radius 2 is 2.45 bits per heavy atom. The van der Waals surface area contributed by atoms with Crippen LogP contribution in [0.3, 0.4) is 0 Å². The summed E-state index contributed by atoms with van der Waals surface area (Å²) < 4.78 is 0.835. The summed E-state index contributed by atoms with van der Waals surface area (Å²) in [6.45, 7) is 0. The molecule has 1 nitrogen and oxygen atoms in total. The van der Waals surface area contributed by atoms with Gasteiger partial charge in [-0.15, -0.1) is 11.3 Å². The summed E-state index contributed by atoms with van der Waals surface area (Å²) in [5.41, 5.74) is 0. The summed E-state index contributed by atoms with van der Waals surface area (Å²) in [5, 5.41) is 3.16. The van der Waals surface area contributed by atoms with Crippen molar-refractivity contribution in [2.75, 3.05) is 12.8 Å². The number of thiophene rings is 1. The number of rotatable bonds is 3. The largest absolute Gasteiger partial charge is 0.312 e. The van der Waals surface area contributed by atoms with Gasteiger partial charge in [-0.05, 0) is 19.2 Å². The van der Waals surface area contributed by atoms with Gasteiger partial charge in [0.25, 0.3) is 0 Å². The highest BCUT2D eigenvalue weighted by Crippen LogP contribution is 2.27. The molecule has 0 aliphatic carbocycles. The maximum absolute atomic E-state index is 5.78. The van der Waals surface area contributed by atoms with E-state index in [1.165, 1.54) is 4.88 Å². The van der Waals surface area contributed by atoms with Crippen LogP contribution in [0.5, 0.6) is 0 Å². The summed E-state index contributed by atoms with van der Waals surface area (Å²) in [5.74, 6) is 0.799. The van der Waals surface area contributed by atoms with E-state index in [4.69, 9.17) is 11.6 Å². The van der Waals surface area contributed by atoms with Gasteiger partial charge >= 0.3 is 0 Å². The highest BCUT2D eigenvalue weighted by molar-refractivity contribution is 7.80. The Morgan fingerprint density at radius 3 is 2.82 bits per heavy atom. The van der Waals surface area contributed by atoms with Gasteiger partial charge in [0, 0.05) is 10.6 Å². The van der Waals surface area contributed by atoms with Crippen LogP contribution in [0.4, 0.5) is 0 Å². The van der Waals surface area contributed by atoms with Gasteiger partial charge < -0.3 is 5.32 Å². The van der Waals surface area contributed by atoms with E-state index in [1.54, 1.807) is 11.3 Å². The van der Waals surface area contributed by atoms with Crippen LogP contribution in [0, 0.1) is 0 Å². The zero-order valence-electron chi connectivity index (χ0n) is 6.17. The molecule has 0 spiro atoms. The number of thiol groups is 1. The second-order valence-electron chi connectivity index (χ2n) is 2.17. The summed E-state index contributed by atoms with van der Waals surface area (Å²) >= 11 is 11.6. The third-order valence-corrected chi connectivity index (χ3v) is 3.18. The standard InChI is InChI=1S/C7H10ClNS2/c1-9-5(4-10)6-2-3-7(8)11-6/h2-3,5,9-10H,4H2,1H3. The van der Waals surface area contributed by atoms with Crippen LogP contribution in [0.25, 0.3) is 0 Å². The van der Waals surface area contributed by atoms with Gasteiger partial charge in [-0.2, -0.15) is 12.6 Å². The van der Waals surface area contributed by atoms with E-state index in [9.17, 15) is 0 Å². The Bertz CT molecular complexity index is 220. The molecule has 62 valence electrons. The van der Waals surface area contributed by atoms with E-state index in [0.29, 0.717) is 6.04 Å². The van der Waals surface area contributed by atoms with Crippen molar-refractivity contribution in [3.8, 4) is 0 Å². The van der Waals surface area contributed by atoms with E-state index in [-0.39, 0.29) is 0 Å². The third-order valence-electron chi connectivity index (χ3n) is 1.47. The first-order valence-electron chi connectivity index (χ1n) is 3.31. The van der Waals surface area contributed by atoms with E-state index in [2.05, 4.69) is 17.9 Å². The van der Waals surface area contributed by atoms with Crippen molar-refractivity contribution in [3.05, 3.63) is 21.3 Å². The van der Waals surface area contributed by atoms with Crippen LogP contribution in [0.1, 0.15) is 10.9 Å². The zero-order valence-corrected chi connectivity index (χ0v) is 8.64. The van der Waals surface area contributed by atoms with Gasteiger partial charge in [-0.25, -0.2) is 0 Å². The lowest BCUT2D eigenvalue weighted by molar-refractivity contribution is 0.675. The van der Waals surface area contributed by atoms with Crippen molar-refractivity contribution < 1.29 is 0 Å². The minimum atomic E-state index is 0.329. The maximum Gasteiger partial charge on any atom is 0.0931 e. The summed E-state index contributed by atoms with van der Waals surface area (Å²) in [6.07, 6.45) is 0. The lowest BCUT2D eigenvalue weighted by Gasteiger charge is -2.09. The van der Waals surface area contributed by atoms with E-state index in [0.717, 1.165) is 10.1 Å². The van der Waals surface area contributed by atoms with Crippen molar-refractivity contribution >= 4 is 35.6 Å². The fourth-order valence-electron chi connectivity index (χ4n) is 0.839. The Kier molecular flexibility index (Phi) is 3.72. The fraction of sp³-hybridized carbons (Fsp3) is 0.429. The number of hydrogen-bond donors (Lipinski definition) is 2. The second-order valence-corrected chi connectivity index (χ2v) is 4.28. The highest BCUT2D eigenvalue weighted by Gasteiger charge is 2.08. The number of nitrogens with one attached hydrogen (secondary N) is 1. The van der Waals surface area contributed by atoms with Gasteiger partial charge in [0.1, 0.15) is 0 Å². The molecule has 0 fully saturated rings. The fourth-order valence-corrected chi connectivity index (χ4v) is 2.51. The van der Waals surface area contributed by atoms with Crippen LogP contribution >= 0.6 is 35.6 Å². The van der Waals surface area contributed by atoms with E-state index in [1.807, 2.05) is 19.2 Å². The predicted octanol–water partition coefficient (Wildman–Crippen LogP) is 2.59. The summed E-state index contributed by atoms with van der Waals surface area (Å²) in [7, 11) is 1.93. The molecule has 0 bridgehead atoms. The van der Waals surface area contributed by atoms with Crippen molar-refractivity contribution in [2.45, 2.75) is 6.04 Å². The number of halogens is 1. The Balaban J connectivity index is 2.73. The molecule has 1 unspecified atom stereocenters. The molecule has 0 amide bonds. The minimum absolute atomic E-state index is 0.329. The first kappa shape index (κ1) is 9.39. The van der Waals surface area contributed by atoms with Gasteiger partial charge in [-0.1, -0.05) is 11.6 Å². The van der Waals surface area contributed by atoms with Crippen LogP contribution < -0.4 is 5.32 Å². The molecular weight excluding hydrogens is 198 g/mol. The second kappa shape index (κ2) is 4.36. The van der Waals surface area contributed by atoms with Gasteiger partial charge in [0.15, 0.2) is 0 Å². The predicted molar refractivity (Wildman–Crippen MR) is 55.0 cm³/mol. The first-order chi connectivity index (χ1) is 5.27. The van der Waals surface area contributed by atoms with Crippen molar-refractivity contribution in [3.63, 3.8) is 0 Å². The van der Waals surface area contributed by atoms with E-state index >= 15 is 0 Å². The molecule has 0 aliphatic rings. The molecule has 0 aliphatic heterocycles. The molecule has 0 saturated carbocycles. The highest BCUT2D eigenvalue weighted by atomic mass is 35.5. The van der Waals surface area contributed by atoms with Crippen molar-refractivity contribution in [1.82, 2.24) is 5.32 Å². The van der Waals surface area contributed by atoms with Crippen molar-refractivity contribution in [2.24, 2.45) is 0 Å². The number of hydrogen-bond acceptors (Lipinski definition) is 3. The monoisotopic (exact) mass is 207 g/mol. The molecule has 1 N–H and O–H groups in total. The molecule has 1 aromatic rings. The molecule has 1 aromatic heterocycles. The smallest absolute Gasteiger partial charge is 0.0931 e. The van der Waals surface area contributed by atoms with Crippen LogP contribution in [0.2, 0.25) is 4.34 Å². The van der Waals surface area contributed by atoms with Gasteiger partial charge in [0.2, 0.25) is 0 Å². The third kappa shape index (κ3) is 2.37. The average Bonchev–Trinajstić information content (AvgIpc) is 2.39. The molecule has 1 atom stereocenters. The lowest BCUT2D eigenvalue weighted by atomic mass is 10.3. The molecule has 1 heterocycles. The van der Waals surface area contributed by atoms with Crippen molar-refractivity contribution in [1.29, 1.82) is 0 Å². The normalized spacial score (nSPS) is 13.4. The quantitative estimate of drug-likeness (QED) is 0.727. The van der Waals surface area contributed by atoms with Crippen LogP contribution in [0.15, 0.2) is 12.1 Å². The van der Waals surface area contributed by atoms with E-state index < -0.39 is 0 Å². The molecular formula is C7H10ClNS2. The maximum atomic E-state index is 5.78. The average molecular weight is 208 g/mol. The van der Waals surface area contributed by atoms with Gasteiger partial charge in [0.05, 0.1) is 10.4 Å². The van der Waals surface area contributed by atoms with Gasteiger partial charge in [-0.3, -0.25) is 0 Å². The molecule has 4 heteroatoms. The SMILES string of the molecule is CNC(CS)c1ccc(Cl)s1. The Labute approximate surface area is 81.2 Å². The van der Waals surface area contributed by atoms with Crippen LogP contribution in [-0.4, -0.2) is 12.8 Å². The minimum Gasteiger partial charge on any atom is -0.312 e. The molecule has 11 heavy (non-hydrogen) atoms. The van der Waals surface area contributed by atoms with Crippen LogP contribution in [-0.2, 0) is 0 Å². The Morgan fingerprint density at radius 1 is 1.73 bits per heavy atom. The lowest BCUT2D eigenvalue weighted by Crippen LogP contribution is -2.16. The topological polar surface area (TPSA) is 12.0 Å². The summed E-state index contributed by atoms with van der Waals surface area (Å²) in [6, 6.07) is 4.27. The summed E-state index contributed by atoms with van der Waals surface area (Å²) in [4.78, 5) is 1.24. The molecule has 0 aromatic carbocycles. The molecule has 0 saturated heterocycles. The Hall–Kier alpha value is 0.300. The molecule has 1 rings (SSSR count). The zero-order chi connectivity index (χ0) is 8.27.